The number of rotatable bonds is 2. The van der Waals surface area contributed by atoms with Gasteiger partial charge in [-0.15, -0.1) is 0 Å². The molecule has 2 aliphatic heterocycles. The fourth-order valence-electron chi connectivity index (χ4n) is 3.25. The second kappa shape index (κ2) is 6.51. The lowest BCUT2D eigenvalue weighted by Gasteiger charge is -2.24. The van der Waals surface area contributed by atoms with Crippen molar-refractivity contribution in [2.75, 3.05) is 19.7 Å². The number of carboxylic acids is 1. The molecule has 1 saturated heterocycles. The number of amides is 2. The topological polar surface area (TPSA) is 78.9 Å². The van der Waals surface area contributed by atoms with E-state index in [4.69, 9.17) is 16.3 Å². The SMILES string of the molecule is CC1(C(=O)O)CCN(C(=O)NC2CCCOc3cc(Cl)ccc32)C1. The Bertz CT molecular complexity index is 666. The summed E-state index contributed by atoms with van der Waals surface area (Å²) in [5.74, 6) is -0.164. The zero-order chi connectivity index (χ0) is 17.3. The molecule has 3 rings (SSSR count). The van der Waals surface area contributed by atoms with Crippen molar-refractivity contribution in [3.05, 3.63) is 28.8 Å². The summed E-state index contributed by atoms with van der Waals surface area (Å²) in [7, 11) is 0. The Kier molecular flexibility index (Phi) is 4.58. The van der Waals surface area contributed by atoms with Crippen LogP contribution < -0.4 is 10.1 Å². The maximum atomic E-state index is 12.6. The number of carboxylic acid groups (broad SMARTS) is 1. The predicted molar refractivity (Wildman–Crippen MR) is 89.4 cm³/mol. The highest BCUT2D eigenvalue weighted by Gasteiger charge is 2.42. The molecule has 2 aliphatic rings. The summed E-state index contributed by atoms with van der Waals surface area (Å²) in [5, 5.41) is 12.9. The van der Waals surface area contributed by atoms with Crippen LogP contribution in [0.1, 0.15) is 37.8 Å². The van der Waals surface area contributed by atoms with Crippen LogP contribution in [-0.4, -0.2) is 41.7 Å². The number of hydrogen-bond donors (Lipinski definition) is 2. The molecule has 7 heteroatoms. The van der Waals surface area contributed by atoms with Crippen LogP contribution in [0.4, 0.5) is 4.79 Å². The van der Waals surface area contributed by atoms with E-state index in [9.17, 15) is 14.7 Å². The Morgan fingerprint density at radius 3 is 2.96 bits per heavy atom. The van der Waals surface area contributed by atoms with Crippen LogP contribution in [0.5, 0.6) is 5.75 Å². The second-order valence-corrected chi connectivity index (χ2v) is 7.15. The summed E-state index contributed by atoms with van der Waals surface area (Å²) in [4.78, 5) is 25.5. The van der Waals surface area contributed by atoms with Gasteiger partial charge in [-0.2, -0.15) is 0 Å². The highest BCUT2D eigenvalue weighted by molar-refractivity contribution is 6.30. The number of benzene rings is 1. The number of nitrogens with one attached hydrogen (secondary N) is 1. The number of urea groups is 1. The van der Waals surface area contributed by atoms with Gasteiger partial charge in [0.15, 0.2) is 0 Å². The Morgan fingerprint density at radius 1 is 1.46 bits per heavy atom. The molecular weight excluding hydrogens is 332 g/mol. The summed E-state index contributed by atoms with van der Waals surface area (Å²) in [6, 6.07) is 5.03. The van der Waals surface area contributed by atoms with Crippen molar-refractivity contribution in [1.82, 2.24) is 10.2 Å². The number of carbonyl (C=O) groups is 2. The fourth-order valence-corrected chi connectivity index (χ4v) is 3.41. The van der Waals surface area contributed by atoms with E-state index in [-0.39, 0.29) is 18.6 Å². The molecule has 2 unspecified atom stereocenters. The Balaban J connectivity index is 1.72. The minimum Gasteiger partial charge on any atom is -0.493 e. The van der Waals surface area contributed by atoms with Crippen LogP contribution in [0.2, 0.25) is 5.02 Å². The summed E-state index contributed by atoms with van der Waals surface area (Å²) < 4.78 is 5.70. The maximum Gasteiger partial charge on any atom is 0.317 e. The van der Waals surface area contributed by atoms with Crippen LogP contribution >= 0.6 is 11.6 Å². The van der Waals surface area contributed by atoms with E-state index in [1.807, 2.05) is 6.07 Å². The molecule has 2 atom stereocenters. The molecule has 1 aromatic rings. The van der Waals surface area contributed by atoms with E-state index in [2.05, 4.69) is 5.32 Å². The van der Waals surface area contributed by atoms with Gasteiger partial charge in [0.1, 0.15) is 5.75 Å². The molecule has 0 bridgehead atoms. The number of hydrogen-bond acceptors (Lipinski definition) is 3. The standard InChI is InChI=1S/C17H21ClN2O4/c1-17(15(21)22)6-7-20(10-17)16(23)19-13-3-2-8-24-14-9-11(18)4-5-12(13)14/h4-5,9,13H,2-3,6-8,10H2,1H3,(H,19,23)(H,21,22). The van der Waals surface area contributed by atoms with Gasteiger partial charge in [-0.3, -0.25) is 4.79 Å². The smallest absolute Gasteiger partial charge is 0.317 e. The van der Waals surface area contributed by atoms with E-state index in [1.165, 1.54) is 0 Å². The van der Waals surface area contributed by atoms with E-state index in [0.29, 0.717) is 30.3 Å². The largest absolute Gasteiger partial charge is 0.493 e. The first-order valence-electron chi connectivity index (χ1n) is 8.10. The van der Waals surface area contributed by atoms with Gasteiger partial charge in [-0.1, -0.05) is 17.7 Å². The van der Waals surface area contributed by atoms with Crippen molar-refractivity contribution < 1.29 is 19.4 Å². The molecule has 1 fully saturated rings. The summed E-state index contributed by atoms with van der Waals surface area (Å²) in [6.45, 7) is 2.94. The van der Waals surface area contributed by atoms with E-state index in [0.717, 1.165) is 18.4 Å². The monoisotopic (exact) mass is 352 g/mol. The number of nitrogens with zero attached hydrogens (tertiary/aromatic N) is 1. The Labute approximate surface area is 145 Å². The Hall–Kier alpha value is -1.95. The van der Waals surface area contributed by atoms with Crippen molar-refractivity contribution >= 4 is 23.6 Å². The minimum absolute atomic E-state index is 0.163. The van der Waals surface area contributed by atoms with Crippen LogP contribution in [0.25, 0.3) is 0 Å². The highest BCUT2D eigenvalue weighted by Crippen LogP contribution is 2.35. The van der Waals surface area contributed by atoms with Gasteiger partial charge in [0.2, 0.25) is 0 Å². The minimum atomic E-state index is -0.866. The first-order valence-corrected chi connectivity index (χ1v) is 8.48. The molecule has 0 aromatic heterocycles. The highest BCUT2D eigenvalue weighted by atomic mass is 35.5. The molecule has 24 heavy (non-hydrogen) atoms. The summed E-state index contributed by atoms with van der Waals surface area (Å²) in [6.07, 6.45) is 2.06. The van der Waals surface area contributed by atoms with Crippen molar-refractivity contribution in [3.63, 3.8) is 0 Å². The lowest BCUT2D eigenvalue weighted by Crippen LogP contribution is -2.42. The predicted octanol–water partition coefficient (Wildman–Crippen LogP) is 3.06. The van der Waals surface area contributed by atoms with Crippen LogP contribution in [0, 0.1) is 5.41 Å². The number of aliphatic carboxylic acids is 1. The number of carbonyl (C=O) groups excluding carboxylic acids is 1. The molecule has 6 nitrogen and oxygen atoms in total. The molecule has 0 aliphatic carbocycles. The van der Waals surface area contributed by atoms with E-state index < -0.39 is 11.4 Å². The lowest BCUT2D eigenvalue weighted by atomic mass is 9.90. The number of ether oxygens (including phenoxy) is 1. The van der Waals surface area contributed by atoms with Crippen molar-refractivity contribution in [1.29, 1.82) is 0 Å². The fraction of sp³-hybridized carbons (Fsp3) is 0.529. The molecule has 0 saturated carbocycles. The van der Waals surface area contributed by atoms with Crippen LogP contribution in [-0.2, 0) is 4.79 Å². The average Bonchev–Trinajstić information content (AvgIpc) is 2.84. The third-order valence-electron chi connectivity index (χ3n) is 4.82. The third-order valence-corrected chi connectivity index (χ3v) is 5.06. The van der Waals surface area contributed by atoms with Crippen molar-refractivity contribution in [3.8, 4) is 5.75 Å². The zero-order valence-electron chi connectivity index (χ0n) is 13.5. The maximum absolute atomic E-state index is 12.6. The zero-order valence-corrected chi connectivity index (χ0v) is 14.3. The van der Waals surface area contributed by atoms with Gasteiger partial charge in [0.05, 0.1) is 18.1 Å². The molecule has 0 spiro atoms. The average molecular weight is 353 g/mol. The normalized spacial score (nSPS) is 26.2. The molecule has 130 valence electrons. The number of likely N-dealkylation sites (tertiary alicyclic amines) is 1. The molecular formula is C17H21ClN2O4. The Morgan fingerprint density at radius 2 is 2.25 bits per heavy atom. The number of halogens is 1. The summed E-state index contributed by atoms with van der Waals surface area (Å²) in [5.41, 5.74) is 0.0421. The summed E-state index contributed by atoms with van der Waals surface area (Å²) >= 11 is 6.02. The first-order chi connectivity index (χ1) is 11.4. The molecule has 1 aromatic carbocycles. The van der Waals surface area contributed by atoms with Crippen LogP contribution in [0.3, 0.4) is 0 Å². The van der Waals surface area contributed by atoms with Crippen LogP contribution in [0.15, 0.2) is 18.2 Å². The molecule has 2 N–H and O–H groups in total. The van der Waals surface area contributed by atoms with Gasteiger partial charge < -0.3 is 20.1 Å². The second-order valence-electron chi connectivity index (χ2n) is 6.71. The molecule has 0 radical (unpaired) electrons. The van der Waals surface area contributed by atoms with Gasteiger partial charge in [0, 0.05) is 23.7 Å². The van der Waals surface area contributed by atoms with Gasteiger partial charge in [0.25, 0.3) is 0 Å². The van der Waals surface area contributed by atoms with Gasteiger partial charge >= 0.3 is 12.0 Å². The number of fused-ring (bicyclic) bond motifs is 1. The van der Waals surface area contributed by atoms with Gasteiger partial charge in [-0.25, -0.2) is 4.79 Å². The lowest BCUT2D eigenvalue weighted by molar-refractivity contribution is -0.147. The molecule has 2 amide bonds. The molecule has 2 heterocycles. The third kappa shape index (κ3) is 3.29. The quantitative estimate of drug-likeness (QED) is 0.857. The van der Waals surface area contributed by atoms with Gasteiger partial charge in [-0.05, 0) is 38.3 Å². The van der Waals surface area contributed by atoms with E-state index >= 15 is 0 Å². The van der Waals surface area contributed by atoms with Crippen molar-refractivity contribution in [2.24, 2.45) is 5.41 Å². The van der Waals surface area contributed by atoms with Crippen molar-refractivity contribution in [2.45, 2.75) is 32.2 Å². The van der Waals surface area contributed by atoms with E-state index in [1.54, 1.807) is 24.0 Å². The first kappa shape index (κ1) is 16.9.